The lowest BCUT2D eigenvalue weighted by Gasteiger charge is -2.34. The fraction of sp³-hybridized carbons (Fsp3) is 0.250. The topological polar surface area (TPSA) is 23.5 Å². The maximum Gasteiger partial charge on any atom is 0.0666 e. The number of hydrogen-bond donors (Lipinski definition) is 1. The molecule has 0 spiro atoms. The first kappa shape index (κ1) is 16.8. The predicted octanol–water partition coefficient (Wildman–Crippen LogP) is 5.41. The molecule has 1 aliphatic heterocycles. The summed E-state index contributed by atoms with van der Waals surface area (Å²) in [5.41, 5.74) is 3.45. The van der Waals surface area contributed by atoms with Gasteiger partial charge in [-0.3, -0.25) is 0 Å². The molecule has 1 N–H and O–H groups in total. The average Bonchev–Trinajstić information content (AvgIpc) is 2.77. The van der Waals surface area contributed by atoms with Gasteiger partial charge in [0.05, 0.1) is 11.1 Å². The zero-order valence-electron chi connectivity index (χ0n) is 15.7. The van der Waals surface area contributed by atoms with Crippen molar-refractivity contribution in [2.45, 2.75) is 38.8 Å². The van der Waals surface area contributed by atoms with Gasteiger partial charge in [-0.2, -0.15) is 5.06 Å². The Morgan fingerprint density at radius 1 is 0.769 bits per heavy atom. The lowest BCUT2D eigenvalue weighted by atomic mass is 9.89. The fourth-order valence-corrected chi connectivity index (χ4v) is 4.06. The van der Waals surface area contributed by atoms with Crippen molar-refractivity contribution in [3.05, 3.63) is 82.9 Å². The van der Waals surface area contributed by atoms with Crippen LogP contribution in [0.1, 0.15) is 49.9 Å². The van der Waals surface area contributed by atoms with Gasteiger partial charge >= 0.3 is 0 Å². The van der Waals surface area contributed by atoms with E-state index < -0.39 is 11.1 Å². The number of hydrogen-bond acceptors (Lipinski definition) is 2. The molecule has 0 fully saturated rings. The van der Waals surface area contributed by atoms with E-state index in [1.807, 2.05) is 52.0 Å². The predicted molar refractivity (Wildman–Crippen MR) is 106 cm³/mol. The summed E-state index contributed by atoms with van der Waals surface area (Å²) in [5.74, 6) is 6.64. The molecule has 0 radical (unpaired) electrons. The zero-order chi connectivity index (χ0) is 18.5. The normalized spacial score (nSPS) is 17.6. The maximum absolute atomic E-state index is 10.6. The molecule has 0 aliphatic carbocycles. The lowest BCUT2D eigenvalue weighted by molar-refractivity contribution is -0.216. The van der Waals surface area contributed by atoms with Gasteiger partial charge in [0.25, 0.3) is 0 Å². The van der Waals surface area contributed by atoms with Gasteiger partial charge in [0, 0.05) is 11.1 Å². The zero-order valence-corrected chi connectivity index (χ0v) is 15.7. The third kappa shape index (κ3) is 2.44. The highest BCUT2D eigenvalue weighted by molar-refractivity contribution is 5.88. The highest BCUT2D eigenvalue weighted by Crippen LogP contribution is 2.48. The van der Waals surface area contributed by atoms with E-state index in [9.17, 15) is 5.21 Å². The van der Waals surface area contributed by atoms with Crippen LogP contribution >= 0.6 is 0 Å². The summed E-state index contributed by atoms with van der Waals surface area (Å²) in [6.07, 6.45) is 0. The third-order valence-corrected chi connectivity index (χ3v) is 5.53. The largest absolute Gasteiger partial charge is 0.312 e. The number of fused-ring (bicyclic) bond motifs is 2. The van der Waals surface area contributed by atoms with Crippen molar-refractivity contribution >= 4 is 10.8 Å². The standard InChI is InChI=1S/C24H23NO/c1-23(2)21-15-13-17(16-22(21)24(3,4)25(23)26)12-14-19-10-7-9-18-8-5-6-11-20(18)19/h5-11,13,15-16,26H,1-4H3. The van der Waals surface area contributed by atoms with Gasteiger partial charge in [-0.1, -0.05) is 54.3 Å². The maximum atomic E-state index is 10.6. The molecule has 4 rings (SSSR count). The minimum Gasteiger partial charge on any atom is -0.312 e. The molecule has 26 heavy (non-hydrogen) atoms. The van der Waals surface area contributed by atoms with Gasteiger partial charge in [0.15, 0.2) is 0 Å². The van der Waals surface area contributed by atoms with Gasteiger partial charge in [0.1, 0.15) is 0 Å². The second-order valence-corrected chi connectivity index (χ2v) is 7.97. The van der Waals surface area contributed by atoms with Crippen molar-refractivity contribution < 1.29 is 5.21 Å². The van der Waals surface area contributed by atoms with Crippen LogP contribution in [0.25, 0.3) is 10.8 Å². The Morgan fingerprint density at radius 2 is 1.46 bits per heavy atom. The quantitative estimate of drug-likeness (QED) is 0.552. The van der Waals surface area contributed by atoms with Crippen LogP contribution in [0.3, 0.4) is 0 Å². The molecule has 0 saturated carbocycles. The molecular formula is C24H23NO. The highest BCUT2D eigenvalue weighted by atomic mass is 16.5. The Balaban J connectivity index is 1.79. The SMILES string of the molecule is CC1(C)c2ccc(C#Cc3cccc4ccccc34)cc2C(C)(C)N1O. The number of rotatable bonds is 0. The van der Waals surface area contributed by atoms with E-state index in [1.54, 1.807) is 0 Å². The molecule has 2 nitrogen and oxygen atoms in total. The van der Waals surface area contributed by atoms with Crippen molar-refractivity contribution in [3.63, 3.8) is 0 Å². The molecule has 3 aromatic carbocycles. The van der Waals surface area contributed by atoms with Crippen molar-refractivity contribution in [1.82, 2.24) is 5.06 Å². The number of benzene rings is 3. The minimum atomic E-state index is -0.435. The minimum absolute atomic E-state index is 0.402. The van der Waals surface area contributed by atoms with Crippen LogP contribution in [0.15, 0.2) is 60.7 Å². The molecule has 2 heteroatoms. The van der Waals surface area contributed by atoms with Gasteiger partial charge < -0.3 is 5.21 Å². The van der Waals surface area contributed by atoms with Crippen LogP contribution in [0.4, 0.5) is 0 Å². The number of nitrogens with zero attached hydrogens (tertiary/aromatic N) is 1. The van der Waals surface area contributed by atoms with Gasteiger partial charge in [-0.25, -0.2) is 0 Å². The van der Waals surface area contributed by atoms with Crippen molar-refractivity contribution in [2.24, 2.45) is 0 Å². The molecule has 1 aliphatic rings. The summed E-state index contributed by atoms with van der Waals surface area (Å²) in [7, 11) is 0. The van der Waals surface area contributed by atoms with Gasteiger partial charge in [-0.05, 0) is 67.8 Å². The molecule has 0 saturated heterocycles. The van der Waals surface area contributed by atoms with Crippen LogP contribution in [0.5, 0.6) is 0 Å². The summed E-state index contributed by atoms with van der Waals surface area (Å²) in [6, 6.07) is 20.8. The lowest BCUT2D eigenvalue weighted by Crippen LogP contribution is -2.42. The summed E-state index contributed by atoms with van der Waals surface area (Å²) in [4.78, 5) is 0. The van der Waals surface area contributed by atoms with E-state index in [1.165, 1.54) is 15.8 Å². The second kappa shape index (κ2) is 5.71. The molecule has 0 atom stereocenters. The first-order valence-electron chi connectivity index (χ1n) is 8.96. The van der Waals surface area contributed by atoms with Crippen LogP contribution in [-0.2, 0) is 11.1 Å². The molecule has 3 aromatic rings. The van der Waals surface area contributed by atoms with Gasteiger partial charge in [0.2, 0.25) is 0 Å². The summed E-state index contributed by atoms with van der Waals surface area (Å²) >= 11 is 0. The summed E-state index contributed by atoms with van der Waals surface area (Å²) < 4.78 is 0. The average molecular weight is 341 g/mol. The summed E-state index contributed by atoms with van der Waals surface area (Å²) in [5, 5.41) is 14.4. The van der Waals surface area contributed by atoms with Crippen molar-refractivity contribution in [3.8, 4) is 11.8 Å². The second-order valence-electron chi connectivity index (χ2n) is 7.97. The molecule has 0 unspecified atom stereocenters. The summed E-state index contributed by atoms with van der Waals surface area (Å²) in [6.45, 7) is 8.18. The Bertz CT molecular complexity index is 1060. The first-order valence-corrected chi connectivity index (χ1v) is 8.96. The highest BCUT2D eigenvalue weighted by Gasteiger charge is 2.48. The molecule has 130 valence electrons. The van der Waals surface area contributed by atoms with Crippen LogP contribution < -0.4 is 0 Å². The third-order valence-electron chi connectivity index (χ3n) is 5.53. The first-order chi connectivity index (χ1) is 12.3. The van der Waals surface area contributed by atoms with Crippen molar-refractivity contribution in [1.29, 1.82) is 0 Å². The van der Waals surface area contributed by atoms with E-state index in [4.69, 9.17) is 0 Å². The van der Waals surface area contributed by atoms with Gasteiger partial charge in [-0.15, -0.1) is 0 Å². The van der Waals surface area contributed by atoms with E-state index in [0.717, 1.165) is 22.3 Å². The van der Waals surface area contributed by atoms with Crippen molar-refractivity contribution in [2.75, 3.05) is 0 Å². The Labute approximate surface area is 155 Å². The van der Waals surface area contributed by atoms with Crippen LogP contribution in [-0.4, -0.2) is 10.3 Å². The van der Waals surface area contributed by atoms with E-state index in [2.05, 4.69) is 48.2 Å². The van der Waals surface area contributed by atoms with E-state index in [0.29, 0.717) is 0 Å². The molecule has 0 amide bonds. The van der Waals surface area contributed by atoms with E-state index in [-0.39, 0.29) is 0 Å². The smallest absolute Gasteiger partial charge is 0.0666 e. The van der Waals surface area contributed by atoms with E-state index >= 15 is 0 Å². The van der Waals surface area contributed by atoms with Crippen LogP contribution in [0.2, 0.25) is 0 Å². The number of hydroxylamine groups is 2. The Morgan fingerprint density at radius 3 is 2.27 bits per heavy atom. The fourth-order valence-electron chi connectivity index (χ4n) is 4.06. The van der Waals surface area contributed by atoms with Crippen LogP contribution in [0, 0.1) is 11.8 Å². The molecule has 0 bridgehead atoms. The molecule has 1 heterocycles. The molecular weight excluding hydrogens is 318 g/mol. The Kier molecular flexibility index (Phi) is 3.70. The Hall–Kier alpha value is -2.60. The monoisotopic (exact) mass is 341 g/mol. The molecule has 0 aromatic heterocycles.